The maximum Gasteiger partial charge on any atom is 0.409 e. The van der Waals surface area contributed by atoms with Crippen molar-refractivity contribution in [3.8, 4) is 11.5 Å². The minimum Gasteiger partial charge on any atom is -0.494 e. The molecule has 16 heteroatoms. The Balaban J connectivity index is 1.32. The first-order valence-corrected chi connectivity index (χ1v) is 17.6. The lowest BCUT2D eigenvalue weighted by Crippen LogP contribution is -2.56. The number of piperazine rings is 1. The number of nitrogens with one attached hydrogen (secondary N) is 2. The summed E-state index contributed by atoms with van der Waals surface area (Å²) in [5.74, 6) is -2.21. The Morgan fingerprint density at radius 3 is 2.33 bits per heavy atom. The monoisotopic (exact) mass is 710 g/mol. The Bertz CT molecular complexity index is 1620. The van der Waals surface area contributed by atoms with Crippen molar-refractivity contribution in [1.29, 1.82) is 0 Å². The molecule has 1 aromatic heterocycles. The van der Waals surface area contributed by atoms with Crippen LogP contribution in [0, 0.1) is 0 Å². The second-order valence-electron chi connectivity index (χ2n) is 12.8. The van der Waals surface area contributed by atoms with Crippen LogP contribution in [0.4, 0.5) is 4.79 Å². The molecular formula is C35H46N6O10. The Morgan fingerprint density at radius 1 is 0.922 bits per heavy atom. The maximum absolute atomic E-state index is 13.7. The van der Waals surface area contributed by atoms with E-state index < -0.39 is 42.6 Å². The molecule has 0 bridgehead atoms. The highest BCUT2D eigenvalue weighted by molar-refractivity contribution is 6.00. The van der Waals surface area contributed by atoms with Crippen molar-refractivity contribution in [3.05, 3.63) is 30.0 Å². The number of aromatic nitrogens is 1. The Hall–Kier alpha value is -5.15. The second-order valence-corrected chi connectivity index (χ2v) is 12.8. The zero-order valence-corrected chi connectivity index (χ0v) is 29.1. The first kappa shape index (κ1) is 37.1. The number of carboxylic acid groups (broad SMARTS) is 1. The fourth-order valence-corrected chi connectivity index (χ4v) is 6.38. The van der Waals surface area contributed by atoms with Crippen molar-refractivity contribution in [2.45, 2.75) is 76.9 Å². The summed E-state index contributed by atoms with van der Waals surface area (Å²) in [4.78, 5) is 86.1. The van der Waals surface area contributed by atoms with E-state index in [1.807, 2.05) is 6.92 Å². The van der Waals surface area contributed by atoms with Crippen LogP contribution >= 0.6 is 0 Å². The molecular weight excluding hydrogens is 664 g/mol. The number of hydrogen-bond acceptors (Lipinski definition) is 10. The Kier molecular flexibility index (Phi) is 12.5. The number of ether oxygens (including phenoxy) is 3. The highest BCUT2D eigenvalue weighted by atomic mass is 16.6. The summed E-state index contributed by atoms with van der Waals surface area (Å²) >= 11 is 0. The number of aliphatic carboxylic acids is 1. The summed E-state index contributed by atoms with van der Waals surface area (Å²) in [6.45, 7) is 4.99. The Morgan fingerprint density at radius 2 is 1.67 bits per heavy atom. The molecule has 5 amide bonds. The van der Waals surface area contributed by atoms with Gasteiger partial charge in [-0.3, -0.25) is 24.0 Å². The van der Waals surface area contributed by atoms with Gasteiger partial charge in [-0.15, -0.1) is 0 Å². The van der Waals surface area contributed by atoms with Gasteiger partial charge in [0, 0.05) is 56.6 Å². The zero-order valence-electron chi connectivity index (χ0n) is 29.1. The number of pyridine rings is 1. The molecule has 3 heterocycles. The number of likely N-dealkylation sites (tertiary alicyclic amines) is 1. The van der Waals surface area contributed by atoms with E-state index >= 15 is 0 Å². The van der Waals surface area contributed by atoms with Gasteiger partial charge in [-0.1, -0.05) is 0 Å². The molecule has 3 N–H and O–H groups in total. The van der Waals surface area contributed by atoms with E-state index in [4.69, 9.17) is 14.2 Å². The number of nitrogens with zero attached hydrogens (tertiary/aromatic N) is 4. The molecule has 51 heavy (non-hydrogen) atoms. The molecule has 16 nitrogen and oxygen atoms in total. The summed E-state index contributed by atoms with van der Waals surface area (Å²) in [6.07, 6.45) is 3.17. The van der Waals surface area contributed by atoms with Gasteiger partial charge in [0.05, 0.1) is 18.7 Å². The van der Waals surface area contributed by atoms with Gasteiger partial charge in [0.25, 0.3) is 11.8 Å². The van der Waals surface area contributed by atoms with E-state index in [-0.39, 0.29) is 74.9 Å². The highest BCUT2D eigenvalue weighted by Gasteiger charge is 2.36. The molecule has 0 radical (unpaired) electrons. The van der Waals surface area contributed by atoms with E-state index in [9.17, 15) is 33.9 Å². The average molecular weight is 711 g/mol. The van der Waals surface area contributed by atoms with Crippen LogP contribution in [0.2, 0.25) is 0 Å². The number of hydrogen-bond donors (Lipinski definition) is 3. The lowest BCUT2D eigenvalue weighted by atomic mass is 9.93. The van der Waals surface area contributed by atoms with Crippen LogP contribution in [0.15, 0.2) is 24.3 Å². The van der Waals surface area contributed by atoms with Crippen LogP contribution in [-0.2, 0) is 23.9 Å². The van der Waals surface area contributed by atoms with Crippen LogP contribution in [0.1, 0.15) is 69.3 Å². The molecule has 2 aliphatic heterocycles. The van der Waals surface area contributed by atoms with Gasteiger partial charge in [-0.05, 0) is 70.6 Å². The number of carbonyl (C=O) groups is 6. The number of rotatable bonds is 14. The van der Waals surface area contributed by atoms with E-state index in [0.29, 0.717) is 42.6 Å². The van der Waals surface area contributed by atoms with Gasteiger partial charge in [0.2, 0.25) is 11.8 Å². The predicted molar refractivity (Wildman–Crippen MR) is 182 cm³/mol. The number of fused-ring (bicyclic) bond motifs is 1. The minimum atomic E-state index is -1.19. The molecule has 3 aliphatic rings. The molecule has 2 aromatic rings. The summed E-state index contributed by atoms with van der Waals surface area (Å²) in [6, 6.07) is 4.76. The maximum atomic E-state index is 13.7. The van der Waals surface area contributed by atoms with Crippen molar-refractivity contribution in [2.75, 3.05) is 52.5 Å². The van der Waals surface area contributed by atoms with Gasteiger partial charge >= 0.3 is 12.1 Å². The molecule has 1 aliphatic carbocycles. The molecule has 276 valence electrons. The third-order valence-electron chi connectivity index (χ3n) is 9.33. The van der Waals surface area contributed by atoms with E-state index in [1.165, 1.54) is 20.8 Å². The lowest BCUT2D eigenvalue weighted by Gasteiger charge is -2.35. The van der Waals surface area contributed by atoms with Crippen molar-refractivity contribution in [1.82, 2.24) is 30.3 Å². The Labute approximate surface area is 295 Å². The highest BCUT2D eigenvalue weighted by Crippen LogP contribution is 2.30. The number of carboxylic acids is 1. The summed E-state index contributed by atoms with van der Waals surface area (Å²) in [5.41, 5.74) is 0.240. The third kappa shape index (κ3) is 9.35. The molecule has 2 atom stereocenters. The fraction of sp³-hybridized carbons (Fsp3) is 0.571. The largest absolute Gasteiger partial charge is 0.494 e. The van der Waals surface area contributed by atoms with Crippen LogP contribution in [0.5, 0.6) is 11.5 Å². The van der Waals surface area contributed by atoms with Crippen molar-refractivity contribution in [3.63, 3.8) is 0 Å². The van der Waals surface area contributed by atoms with Crippen LogP contribution in [0.25, 0.3) is 10.9 Å². The molecule has 5 rings (SSSR count). The first-order chi connectivity index (χ1) is 24.6. The molecule has 1 aromatic carbocycles. The van der Waals surface area contributed by atoms with Crippen molar-refractivity contribution < 1.29 is 48.1 Å². The quantitative estimate of drug-likeness (QED) is 0.259. The molecule has 0 unspecified atom stereocenters. The summed E-state index contributed by atoms with van der Waals surface area (Å²) in [5, 5.41) is 15.5. The SMILES string of the molecule is CCOC(=O)N1CCN(C(=O)[C@H](CCC(=O)O)NC(=O)c2cc(OCC(=O)N3CCC[C@H]3C(=O)NC3CCC3)c3cc(OCC)ccc3n2)CC1. The minimum absolute atomic E-state index is 0.117. The van der Waals surface area contributed by atoms with E-state index in [2.05, 4.69) is 15.6 Å². The zero-order chi connectivity index (χ0) is 36.5. The topological polar surface area (TPSA) is 197 Å². The lowest BCUT2D eigenvalue weighted by molar-refractivity contribution is -0.140. The average Bonchev–Trinajstić information content (AvgIpc) is 3.61. The normalized spacial score (nSPS) is 18.1. The standard InChI is InChI=1S/C35H46N6O10/c1-3-49-23-10-11-25-24(19-23)29(51-21-30(42)41-14-6-9-28(41)33(46)36-22-7-5-8-22)20-27(37-25)32(45)38-26(12-13-31(43)44)34(47)39-15-17-40(18-16-39)35(48)50-4-2/h10-11,19-20,22,26,28H,3-9,12-18,21H2,1-2H3,(H,36,46)(H,38,45)(H,43,44)/t26-,28-/m0/s1. The van der Waals surface area contributed by atoms with E-state index in [1.54, 1.807) is 25.1 Å². The smallest absolute Gasteiger partial charge is 0.409 e. The third-order valence-corrected chi connectivity index (χ3v) is 9.33. The predicted octanol–water partition coefficient (Wildman–Crippen LogP) is 1.94. The second kappa shape index (κ2) is 17.2. The molecule has 3 fully saturated rings. The van der Waals surface area contributed by atoms with Gasteiger partial charge < -0.3 is 44.7 Å². The van der Waals surface area contributed by atoms with Gasteiger partial charge in [0.15, 0.2) is 6.61 Å². The van der Waals surface area contributed by atoms with Gasteiger partial charge in [-0.2, -0.15) is 0 Å². The number of carbonyl (C=O) groups excluding carboxylic acids is 5. The fourth-order valence-electron chi connectivity index (χ4n) is 6.38. The van der Waals surface area contributed by atoms with Crippen molar-refractivity contribution in [2.24, 2.45) is 0 Å². The molecule has 1 saturated carbocycles. The van der Waals surface area contributed by atoms with E-state index in [0.717, 1.165) is 19.3 Å². The van der Waals surface area contributed by atoms with Gasteiger partial charge in [-0.25, -0.2) is 9.78 Å². The first-order valence-electron chi connectivity index (χ1n) is 17.6. The number of amides is 5. The summed E-state index contributed by atoms with van der Waals surface area (Å²) in [7, 11) is 0. The molecule has 2 saturated heterocycles. The summed E-state index contributed by atoms with van der Waals surface area (Å²) < 4.78 is 16.7. The van der Waals surface area contributed by atoms with Crippen LogP contribution < -0.4 is 20.1 Å². The van der Waals surface area contributed by atoms with Crippen LogP contribution in [-0.4, -0.2) is 131 Å². The van der Waals surface area contributed by atoms with Crippen molar-refractivity contribution >= 4 is 46.6 Å². The van der Waals surface area contributed by atoms with Gasteiger partial charge in [0.1, 0.15) is 29.3 Å². The molecule has 0 spiro atoms. The number of benzene rings is 1. The van der Waals surface area contributed by atoms with Crippen LogP contribution in [0.3, 0.4) is 0 Å².